The fourth-order valence-corrected chi connectivity index (χ4v) is 2.27. The fourth-order valence-electron chi connectivity index (χ4n) is 1.08. The van der Waals surface area contributed by atoms with E-state index in [4.69, 9.17) is 0 Å². The number of likely N-dealkylation sites (N-methyl/N-ethyl adjacent to an activating group) is 1. The van der Waals surface area contributed by atoms with Gasteiger partial charge in [0.1, 0.15) is 0 Å². The standard InChI is InChI=1S/C10H16BrNS/c1-9(8-11)12(2)6-5-10-4-3-7-13-10/h3-4,7,9H,5-6,8H2,1-2H3. The van der Waals surface area contributed by atoms with Crippen molar-refractivity contribution in [2.75, 3.05) is 18.9 Å². The van der Waals surface area contributed by atoms with E-state index in [1.807, 2.05) is 11.3 Å². The van der Waals surface area contributed by atoms with E-state index < -0.39 is 0 Å². The predicted molar refractivity (Wildman–Crippen MR) is 63.9 cm³/mol. The summed E-state index contributed by atoms with van der Waals surface area (Å²) in [6, 6.07) is 4.95. The highest BCUT2D eigenvalue weighted by molar-refractivity contribution is 9.09. The third kappa shape index (κ3) is 3.79. The molecule has 1 nitrogen and oxygen atoms in total. The van der Waals surface area contributed by atoms with Crippen LogP contribution >= 0.6 is 27.3 Å². The first-order chi connectivity index (χ1) is 6.24. The minimum atomic E-state index is 0.625. The van der Waals surface area contributed by atoms with E-state index in [-0.39, 0.29) is 0 Å². The monoisotopic (exact) mass is 261 g/mol. The number of halogens is 1. The van der Waals surface area contributed by atoms with Gasteiger partial charge in [0.15, 0.2) is 0 Å². The van der Waals surface area contributed by atoms with Crippen molar-refractivity contribution in [3.63, 3.8) is 0 Å². The van der Waals surface area contributed by atoms with Crippen LogP contribution in [0.2, 0.25) is 0 Å². The molecule has 0 amide bonds. The van der Waals surface area contributed by atoms with Crippen LogP contribution in [0.5, 0.6) is 0 Å². The van der Waals surface area contributed by atoms with Gasteiger partial charge < -0.3 is 4.90 Å². The second kappa shape index (κ2) is 5.78. The highest BCUT2D eigenvalue weighted by atomic mass is 79.9. The Morgan fingerprint density at radius 3 is 2.92 bits per heavy atom. The van der Waals surface area contributed by atoms with E-state index >= 15 is 0 Å². The lowest BCUT2D eigenvalue weighted by Crippen LogP contribution is -2.31. The quantitative estimate of drug-likeness (QED) is 0.737. The molecule has 1 heterocycles. The third-order valence-electron chi connectivity index (χ3n) is 2.27. The van der Waals surface area contributed by atoms with Gasteiger partial charge in [-0.15, -0.1) is 11.3 Å². The van der Waals surface area contributed by atoms with E-state index in [0.717, 1.165) is 11.9 Å². The zero-order chi connectivity index (χ0) is 9.68. The summed E-state index contributed by atoms with van der Waals surface area (Å²) in [4.78, 5) is 3.86. The lowest BCUT2D eigenvalue weighted by Gasteiger charge is -2.22. The summed E-state index contributed by atoms with van der Waals surface area (Å²) < 4.78 is 0. The molecule has 0 bridgehead atoms. The molecule has 1 rings (SSSR count). The van der Waals surface area contributed by atoms with Gasteiger partial charge in [0.2, 0.25) is 0 Å². The molecule has 0 saturated carbocycles. The average molecular weight is 262 g/mol. The summed E-state index contributed by atoms with van der Waals surface area (Å²) in [5.74, 6) is 0. The van der Waals surface area contributed by atoms with Crippen LogP contribution in [-0.2, 0) is 6.42 Å². The largest absolute Gasteiger partial charge is 0.303 e. The molecule has 0 saturated heterocycles. The van der Waals surface area contributed by atoms with Crippen molar-refractivity contribution in [1.29, 1.82) is 0 Å². The molecule has 0 radical (unpaired) electrons. The van der Waals surface area contributed by atoms with Crippen molar-refractivity contribution < 1.29 is 0 Å². The molecule has 1 unspecified atom stereocenters. The van der Waals surface area contributed by atoms with Crippen molar-refractivity contribution >= 4 is 27.3 Å². The number of nitrogens with zero attached hydrogens (tertiary/aromatic N) is 1. The van der Waals surface area contributed by atoms with Crippen molar-refractivity contribution in [2.45, 2.75) is 19.4 Å². The van der Waals surface area contributed by atoms with Crippen molar-refractivity contribution in [2.24, 2.45) is 0 Å². The number of alkyl halides is 1. The highest BCUT2D eigenvalue weighted by Gasteiger charge is 2.06. The number of hydrogen-bond donors (Lipinski definition) is 0. The highest BCUT2D eigenvalue weighted by Crippen LogP contribution is 2.10. The molecule has 1 atom stereocenters. The molecule has 3 heteroatoms. The van der Waals surface area contributed by atoms with Crippen LogP contribution in [0.15, 0.2) is 17.5 Å². The first-order valence-electron chi connectivity index (χ1n) is 4.52. The lowest BCUT2D eigenvalue weighted by atomic mass is 10.3. The molecule has 0 fully saturated rings. The number of rotatable bonds is 5. The summed E-state index contributed by atoms with van der Waals surface area (Å²) in [6.07, 6.45) is 1.17. The van der Waals surface area contributed by atoms with Crippen LogP contribution in [0.3, 0.4) is 0 Å². The minimum Gasteiger partial charge on any atom is -0.303 e. The van der Waals surface area contributed by atoms with E-state index in [0.29, 0.717) is 6.04 Å². The van der Waals surface area contributed by atoms with Gasteiger partial charge in [-0.3, -0.25) is 0 Å². The summed E-state index contributed by atoms with van der Waals surface area (Å²) >= 11 is 5.34. The molecule has 0 aliphatic carbocycles. The maximum atomic E-state index is 3.50. The Labute approximate surface area is 92.9 Å². The normalized spacial score (nSPS) is 13.5. The Morgan fingerprint density at radius 1 is 1.62 bits per heavy atom. The van der Waals surface area contributed by atoms with Gasteiger partial charge in [0, 0.05) is 22.8 Å². The lowest BCUT2D eigenvalue weighted by molar-refractivity contribution is 0.283. The van der Waals surface area contributed by atoms with E-state index in [2.05, 4.69) is 52.3 Å². The van der Waals surface area contributed by atoms with Crippen LogP contribution < -0.4 is 0 Å². The molecule has 0 spiro atoms. The first-order valence-corrected chi connectivity index (χ1v) is 6.52. The third-order valence-corrected chi connectivity index (χ3v) is 4.14. The molecule has 0 aliphatic rings. The topological polar surface area (TPSA) is 3.24 Å². The summed E-state index contributed by atoms with van der Waals surface area (Å²) in [5.41, 5.74) is 0. The molecule has 0 aliphatic heterocycles. The second-order valence-corrected chi connectivity index (χ2v) is 4.99. The maximum absolute atomic E-state index is 3.50. The maximum Gasteiger partial charge on any atom is 0.0185 e. The zero-order valence-electron chi connectivity index (χ0n) is 8.16. The smallest absolute Gasteiger partial charge is 0.0185 e. The van der Waals surface area contributed by atoms with Gasteiger partial charge in [-0.05, 0) is 31.8 Å². The Kier molecular flexibility index (Phi) is 4.99. The summed E-state index contributed by atoms with van der Waals surface area (Å²) in [7, 11) is 2.18. The fraction of sp³-hybridized carbons (Fsp3) is 0.600. The van der Waals surface area contributed by atoms with Gasteiger partial charge in [0.25, 0.3) is 0 Å². The SMILES string of the molecule is CC(CBr)N(C)CCc1cccs1. The van der Waals surface area contributed by atoms with E-state index in [9.17, 15) is 0 Å². The Balaban J connectivity index is 2.26. The van der Waals surface area contributed by atoms with Crippen LogP contribution in [0.4, 0.5) is 0 Å². The predicted octanol–water partition coefficient (Wildman–Crippen LogP) is 3.01. The van der Waals surface area contributed by atoms with Crippen LogP contribution in [0.1, 0.15) is 11.8 Å². The molecule has 74 valence electrons. The zero-order valence-corrected chi connectivity index (χ0v) is 10.6. The van der Waals surface area contributed by atoms with Gasteiger partial charge in [0.05, 0.1) is 0 Å². The Hall–Kier alpha value is 0.140. The van der Waals surface area contributed by atoms with Crippen LogP contribution in [0.25, 0.3) is 0 Å². The van der Waals surface area contributed by atoms with E-state index in [1.54, 1.807) is 0 Å². The molecule has 1 aromatic rings. The van der Waals surface area contributed by atoms with Gasteiger partial charge in [-0.1, -0.05) is 22.0 Å². The van der Waals surface area contributed by atoms with Crippen molar-refractivity contribution in [3.8, 4) is 0 Å². The second-order valence-electron chi connectivity index (χ2n) is 3.31. The number of hydrogen-bond acceptors (Lipinski definition) is 2. The molecule has 13 heavy (non-hydrogen) atoms. The number of thiophene rings is 1. The van der Waals surface area contributed by atoms with Crippen LogP contribution in [-0.4, -0.2) is 29.9 Å². The molecular weight excluding hydrogens is 246 g/mol. The molecular formula is C10H16BrNS. The van der Waals surface area contributed by atoms with Crippen molar-refractivity contribution in [3.05, 3.63) is 22.4 Å². The Morgan fingerprint density at radius 2 is 2.38 bits per heavy atom. The van der Waals surface area contributed by atoms with Gasteiger partial charge >= 0.3 is 0 Å². The molecule has 0 aromatic carbocycles. The summed E-state index contributed by atoms with van der Waals surface area (Å²) in [6.45, 7) is 3.39. The van der Waals surface area contributed by atoms with Gasteiger partial charge in [-0.2, -0.15) is 0 Å². The Bertz CT molecular complexity index is 223. The minimum absolute atomic E-state index is 0.625. The van der Waals surface area contributed by atoms with Gasteiger partial charge in [-0.25, -0.2) is 0 Å². The van der Waals surface area contributed by atoms with Crippen LogP contribution in [0, 0.1) is 0 Å². The molecule has 1 aromatic heterocycles. The van der Waals surface area contributed by atoms with Crippen molar-refractivity contribution in [1.82, 2.24) is 4.90 Å². The average Bonchev–Trinajstić information content (AvgIpc) is 2.65. The molecule has 0 N–H and O–H groups in total. The first kappa shape index (κ1) is 11.2. The summed E-state index contributed by atoms with van der Waals surface area (Å²) in [5, 5.41) is 3.19. The van der Waals surface area contributed by atoms with E-state index in [1.165, 1.54) is 11.3 Å².